The normalized spacial score (nSPS) is 12.4. The van der Waals surface area contributed by atoms with Gasteiger partial charge in [0.2, 0.25) is 0 Å². The van der Waals surface area contributed by atoms with Crippen LogP contribution in [-0.4, -0.2) is 7.05 Å². The van der Waals surface area contributed by atoms with Crippen LogP contribution in [-0.2, 0) is 6.42 Å². The lowest BCUT2D eigenvalue weighted by Gasteiger charge is -2.19. The molecular formula is C15H14BrCl2N. The van der Waals surface area contributed by atoms with Crippen molar-refractivity contribution in [2.24, 2.45) is 0 Å². The zero-order valence-electron chi connectivity index (χ0n) is 10.5. The van der Waals surface area contributed by atoms with Crippen LogP contribution in [0.5, 0.6) is 0 Å². The molecule has 1 atom stereocenters. The number of rotatable bonds is 4. The zero-order chi connectivity index (χ0) is 13.8. The Morgan fingerprint density at radius 2 is 1.79 bits per heavy atom. The molecule has 0 saturated heterocycles. The van der Waals surface area contributed by atoms with Gasteiger partial charge in [-0.3, -0.25) is 0 Å². The van der Waals surface area contributed by atoms with Crippen molar-refractivity contribution in [3.63, 3.8) is 0 Å². The van der Waals surface area contributed by atoms with Crippen molar-refractivity contribution in [1.29, 1.82) is 0 Å². The largest absolute Gasteiger partial charge is 0.313 e. The smallest absolute Gasteiger partial charge is 0.0595 e. The van der Waals surface area contributed by atoms with Crippen molar-refractivity contribution in [3.8, 4) is 0 Å². The topological polar surface area (TPSA) is 12.0 Å². The number of benzene rings is 2. The fourth-order valence-corrected chi connectivity index (χ4v) is 2.78. The van der Waals surface area contributed by atoms with E-state index in [9.17, 15) is 0 Å². The molecule has 0 heterocycles. The fourth-order valence-electron chi connectivity index (χ4n) is 2.01. The molecule has 0 bridgehead atoms. The third-order valence-electron chi connectivity index (χ3n) is 3.06. The number of likely N-dealkylation sites (N-methyl/N-ethyl adjacent to an activating group) is 1. The van der Waals surface area contributed by atoms with Crippen LogP contribution in [0.2, 0.25) is 10.0 Å². The van der Waals surface area contributed by atoms with Gasteiger partial charge in [0.15, 0.2) is 0 Å². The zero-order valence-corrected chi connectivity index (χ0v) is 13.6. The van der Waals surface area contributed by atoms with Gasteiger partial charge in [-0.1, -0.05) is 47.5 Å². The Balaban J connectivity index is 2.25. The Labute approximate surface area is 132 Å². The van der Waals surface area contributed by atoms with E-state index in [0.717, 1.165) is 26.5 Å². The van der Waals surface area contributed by atoms with Gasteiger partial charge in [0, 0.05) is 15.5 Å². The van der Waals surface area contributed by atoms with Gasteiger partial charge < -0.3 is 5.32 Å². The van der Waals surface area contributed by atoms with Crippen LogP contribution in [0.3, 0.4) is 0 Å². The minimum atomic E-state index is 0.172. The Morgan fingerprint density at radius 1 is 1.11 bits per heavy atom. The molecule has 0 aliphatic rings. The highest BCUT2D eigenvalue weighted by Crippen LogP contribution is 2.31. The van der Waals surface area contributed by atoms with Crippen molar-refractivity contribution in [1.82, 2.24) is 5.32 Å². The summed E-state index contributed by atoms with van der Waals surface area (Å²) in [7, 11) is 1.94. The molecule has 0 radical (unpaired) electrons. The summed E-state index contributed by atoms with van der Waals surface area (Å²) in [5.74, 6) is 0. The third-order valence-corrected chi connectivity index (χ3v) is 4.62. The maximum atomic E-state index is 6.35. The fraction of sp³-hybridized carbons (Fsp3) is 0.200. The second-order valence-electron chi connectivity index (χ2n) is 4.31. The molecule has 0 amide bonds. The first-order valence-electron chi connectivity index (χ1n) is 5.97. The first-order valence-corrected chi connectivity index (χ1v) is 7.52. The maximum absolute atomic E-state index is 6.35. The number of nitrogens with one attached hydrogen (secondary N) is 1. The molecule has 2 aromatic carbocycles. The van der Waals surface area contributed by atoms with Crippen LogP contribution >= 0.6 is 39.1 Å². The van der Waals surface area contributed by atoms with Crippen molar-refractivity contribution in [2.75, 3.05) is 7.05 Å². The lowest BCUT2D eigenvalue weighted by Crippen LogP contribution is -2.19. The van der Waals surface area contributed by atoms with Gasteiger partial charge in [-0.2, -0.15) is 0 Å². The molecule has 1 N–H and O–H groups in total. The first-order chi connectivity index (χ1) is 9.11. The number of hydrogen-bond acceptors (Lipinski definition) is 1. The van der Waals surface area contributed by atoms with Crippen LogP contribution in [0.15, 0.2) is 46.9 Å². The van der Waals surface area contributed by atoms with Gasteiger partial charge in [-0.05, 0) is 58.7 Å². The highest BCUT2D eigenvalue weighted by Gasteiger charge is 2.15. The molecule has 2 rings (SSSR count). The van der Waals surface area contributed by atoms with E-state index in [1.807, 2.05) is 49.5 Å². The summed E-state index contributed by atoms with van der Waals surface area (Å²) < 4.78 is 0.919. The summed E-state index contributed by atoms with van der Waals surface area (Å²) in [4.78, 5) is 0. The van der Waals surface area contributed by atoms with Crippen molar-refractivity contribution < 1.29 is 0 Å². The predicted octanol–water partition coefficient (Wildman–Crippen LogP) is 5.26. The highest BCUT2D eigenvalue weighted by molar-refractivity contribution is 9.10. The molecule has 0 spiro atoms. The van der Waals surface area contributed by atoms with Gasteiger partial charge in [-0.15, -0.1) is 0 Å². The van der Waals surface area contributed by atoms with Crippen LogP contribution < -0.4 is 5.32 Å². The minimum Gasteiger partial charge on any atom is -0.313 e. The van der Waals surface area contributed by atoms with Crippen LogP contribution in [0.4, 0.5) is 0 Å². The molecule has 0 aromatic heterocycles. The van der Waals surface area contributed by atoms with Crippen molar-refractivity contribution in [3.05, 3.63) is 68.1 Å². The Morgan fingerprint density at radius 3 is 2.42 bits per heavy atom. The monoisotopic (exact) mass is 357 g/mol. The third kappa shape index (κ3) is 3.73. The quantitative estimate of drug-likeness (QED) is 0.786. The molecule has 2 aromatic rings. The van der Waals surface area contributed by atoms with E-state index < -0.39 is 0 Å². The van der Waals surface area contributed by atoms with Gasteiger partial charge in [0.05, 0.1) is 5.02 Å². The van der Waals surface area contributed by atoms with E-state index in [1.165, 1.54) is 5.56 Å². The molecule has 1 nitrogen and oxygen atoms in total. The van der Waals surface area contributed by atoms with Crippen LogP contribution in [0.25, 0.3) is 0 Å². The summed E-state index contributed by atoms with van der Waals surface area (Å²) in [6.07, 6.45) is 0.865. The van der Waals surface area contributed by atoms with Gasteiger partial charge in [-0.25, -0.2) is 0 Å². The van der Waals surface area contributed by atoms with Crippen molar-refractivity contribution >= 4 is 39.1 Å². The second kappa shape index (κ2) is 6.76. The van der Waals surface area contributed by atoms with Crippen LogP contribution in [0.1, 0.15) is 17.2 Å². The second-order valence-corrected chi connectivity index (χ2v) is 5.98. The summed E-state index contributed by atoms with van der Waals surface area (Å²) >= 11 is 15.7. The molecule has 19 heavy (non-hydrogen) atoms. The average Bonchev–Trinajstić information content (AvgIpc) is 2.42. The summed E-state index contributed by atoms with van der Waals surface area (Å²) in [5, 5.41) is 4.83. The van der Waals surface area contributed by atoms with Gasteiger partial charge in [0.25, 0.3) is 0 Å². The first kappa shape index (κ1) is 14.9. The predicted molar refractivity (Wildman–Crippen MR) is 86.1 cm³/mol. The number of hydrogen-bond donors (Lipinski definition) is 1. The summed E-state index contributed by atoms with van der Waals surface area (Å²) in [6, 6.07) is 14.1. The van der Waals surface area contributed by atoms with E-state index in [-0.39, 0.29) is 6.04 Å². The molecule has 1 unspecified atom stereocenters. The van der Waals surface area contributed by atoms with Crippen LogP contribution in [0, 0.1) is 0 Å². The van der Waals surface area contributed by atoms with Crippen molar-refractivity contribution in [2.45, 2.75) is 12.5 Å². The lowest BCUT2D eigenvalue weighted by atomic mass is 9.99. The average molecular weight is 359 g/mol. The maximum Gasteiger partial charge on any atom is 0.0595 e. The highest BCUT2D eigenvalue weighted by atomic mass is 79.9. The van der Waals surface area contributed by atoms with Gasteiger partial charge in [0.1, 0.15) is 0 Å². The molecule has 4 heteroatoms. The SMILES string of the molecule is CNC(Cc1ccc(Cl)cc1)c1cccc(Br)c1Cl. The molecule has 0 saturated carbocycles. The van der Waals surface area contributed by atoms with E-state index in [2.05, 4.69) is 21.2 Å². The van der Waals surface area contributed by atoms with E-state index >= 15 is 0 Å². The molecule has 0 aliphatic carbocycles. The Kier molecular flexibility index (Phi) is 5.28. The van der Waals surface area contributed by atoms with E-state index in [4.69, 9.17) is 23.2 Å². The molecule has 100 valence electrons. The lowest BCUT2D eigenvalue weighted by molar-refractivity contribution is 0.592. The van der Waals surface area contributed by atoms with E-state index in [0.29, 0.717) is 0 Å². The Bertz CT molecular complexity index is 555. The molecule has 0 fully saturated rings. The molecule has 0 aliphatic heterocycles. The number of halogens is 3. The van der Waals surface area contributed by atoms with E-state index in [1.54, 1.807) is 0 Å². The minimum absolute atomic E-state index is 0.172. The molecular weight excluding hydrogens is 345 g/mol. The summed E-state index contributed by atoms with van der Waals surface area (Å²) in [5.41, 5.74) is 2.31. The Hall–Kier alpha value is -0.540. The van der Waals surface area contributed by atoms with Gasteiger partial charge >= 0.3 is 0 Å². The standard InChI is InChI=1S/C15H14BrCl2N/c1-19-14(9-10-5-7-11(17)8-6-10)12-3-2-4-13(16)15(12)18/h2-8,14,19H,9H2,1H3. The summed E-state index contributed by atoms with van der Waals surface area (Å²) in [6.45, 7) is 0.